The van der Waals surface area contributed by atoms with Gasteiger partial charge in [-0.1, -0.05) is 30.3 Å². The number of carbonyl (C=O) groups excluding carboxylic acids is 1. The summed E-state index contributed by atoms with van der Waals surface area (Å²) in [5, 5.41) is 22.9. The maximum Gasteiger partial charge on any atom is 0.315 e. The number of hydrogen-bond donors (Lipinski definition) is 4. The van der Waals surface area contributed by atoms with E-state index in [2.05, 4.69) is 10.6 Å². The third kappa shape index (κ3) is 6.75. The molecule has 2 amide bonds. The van der Waals surface area contributed by atoms with Crippen LogP contribution in [0.5, 0.6) is 0 Å². The Hall–Kier alpha value is -2.08. The molecule has 1 rings (SSSR count). The van der Waals surface area contributed by atoms with Crippen LogP contribution in [0.4, 0.5) is 4.79 Å². The Bertz CT molecular complexity index is 422. The summed E-state index contributed by atoms with van der Waals surface area (Å²) in [6.07, 6.45) is 0.943. The highest BCUT2D eigenvalue weighted by Gasteiger charge is 2.11. The monoisotopic (exact) mass is 280 g/mol. The third-order valence-corrected chi connectivity index (χ3v) is 2.73. The van der Waals surface area contributed by atoms with Crippen LogP contribution in [0.2, 0.25) is 0 Å². The molecule has 0 saturated heterocycles. The molecule has 0 bridgehead atoms. The summed E-state index contributed by atoms with van der Waals surface area (Å²) >= 11 is 0. The van der Waals surface area contributed by atoms with Crippen molar-refractivity contribution in [2.75, 3.05) is 13.2 Å². The normalized spacial score (nSPS) is 11.7. The minimum Gasteiger partial charge on any atom is -0.481 e. The number of carboxylic acids is 1. The molecule has 0 aliphatic carbocycles. The Kier molecular flexibility index (Phi) is 7.13. The van der Waals surface area contributed by atoms with Crippen LogP contribution >= 0.6 is 0 Å². The first kappa shape index (κ1) is 16.0. The van der Waals surface area contributed by atoms with E-state index >= 15 is 0 Å². The number of nitrogens with one attached hydrogen (secondary N) is 2. The fourth-order valence-electron chi connectivity index (χ4n) is 1.74. The van der Waals surface area contributed by atoms with E-state index in [0.717, 1.165) is 5.56 Å². The van der Waals surface area contributed by atoms with E-state index in [1.165, 1.54) is 0 Å². The quantitative estimate of drug-likeness (QED) is 0.528. The molecule has 0 spiro atoms. The molecule has 1 aromatic rings. The lowest BCUT2D eigenvalue weighted by atomic mass is 10.1. The maximum absolute atomic E-state index is 11.6. The third-order valence-electron chi connectivity index (χ3n) is 2.73. The van der Waals surface area contributed by atoms with Gasteiger partial charge in [0.1, 0.15) is 0 Å². The molecule has 0 radical (unpaired) electrons. The van der Waals surface area contributed by atoms with E-state index in [9.17, 15) is 14.7 Å². The average Bonchev–Trinajstić information content (AvgIpc) is 2.44. The number of carbonyl (C=O) groups is 2. The molecule has 1 aromatic carbocycles. The van der Waals surface area contributed by atoms with Crippen molar-refractivity contribution < 1.29 is 19.8 Å². The largest absolute Gasteiger partial charge is 0.481 e. The molecule has 1 unspecified atom stereocenters. The van der Waals surface area contributed by atoms with Gasteiger partial charge in [0.15, 0.2) is 0 Å². The van der Waals surface area contributed by atoms with E-state index < -0.39 is 12.0 Å². The molecule has 0 heterocycles. The summed E-state index contributed by atoms with van der Waals surface area (Å²) in [7, 11) is 0. The highest BCUT2D eigenvalue weighted by atomic mass is 16.4. The molecule has 4 N–H and O–H groups in total. The molecule has 1 atom stereocenters. The van der Waals surface area contributed by atoms with E-state index in [4.69, 9.17) is 5.11 Å². The average molecular weight is 280 g/mol. The lowest BCUT2D eigenvalue weighted by molar-refractivity contribution is -0.137. The van der Waals surface area contributed by atoms with Crippen molar-refractivity contribution in [1.29, 1.82) is 0 Å². The first-order valence-corrected chi connectivity index (χ1v) is 6.52. The Morgan fingerprint density at radius 1 is 1.20 bits per heavy atom. The number of aliphatic hydroxyl groups is 1. The summed E-state index contributed by atoms with van der Waals surface area (Å²) in [6, 6.07) is 8.79. The van der Waals surface area contributed by atoms with Gasteiger partial charge >= 0.3 is 12.0 Å². The second-order valence-corrected chi connectivity index (χ2v) is 4.47. The van der Waals surface area contributed by atoms with Gasteiger partial charge in [0, 0.05) is 13.0 Å². The van der Waals surface area contributed by atoms with Crippen LogP contribution in [0.3, 0.4) is 0 Å². The maximum atomic E-state index is 11.6. The molecule has 20 heavy (non-hydrogen) atoms. The zero-order valence-corrected chi connectivity index (χ0v) is 11.2. The first-order valence-electron chi connectivity index (χ1n) is 6.52. The molecule has 0 fully saturated rings. The summed E-state index contributed by atoms with van der Waals surface area (Å²) in [5.74, 6) is -0.885. The van der Waals surface area contributed by atoms with Gasteiger partial charge in [0.05, 0.1) is 12.6 Å². The van der Waals surface area contributed by atoms with Gasteiger partial charge in [-0.15, -0.1) is 0 Å². The van der Waals surface area contributed by atoms with Crippen molar-refractivity contribution in [1.82, 2.24) is 10.6 Å². The van der Waals surface area contributed by atoms with Gasteiger partial charge in [-0.05, 0) is 18.4 Å². The van der Waals surface area contributed by atoms with Crippen LogP contribution in [-0.2, 0) is 11.2 Å². The van der Waals surface area contributed by atoms with Gasteiger partial charge in [-0.3, -0.25) is 4.79 Å². The predicted octanol–water partition coefficient (Wildman–Crippen LogP) is 0.754. The fraction of sp³-hybridized carbons (Fsp3) is 0.429. The lowest BCUT2D eigenvalue weighted by Crippen LogP contribution is -2.45. The van der Waals surface area contributed by atoms with Gasteiger partial charge < -0.3 is 20.8 Å². The zero-order valence-electron chi connectivity index (χ0n) is 11.2. The molecular formula is C14H20N2O4. The van der Waals surface area contributed by atoms with E-state index in [1.807, 2.05) is 30.3 Å². The predicted molar refractivity (Wildman–Crippen MR) is 74.4 cm³/mol. The van der Waals surface area contributed by atoms with Crippen LogP contribution in [0, 0.1) is 0 Å². The molecule has 6 heteroatoms. The van der Waals surface area contributed by atoms with Crippen molar-refractivity contribution in [3.8, 4) is 0 Å². The second-order valence-electron chi connectivity index (χ2n) is 4.47. The number of benzene rings is 1. The van der Waals surface area contributed by atoms with Gasteiger partial charge in [0.2, 0.25) is 0 Å². The Labute approximate surface area is 117 Å². The van der Waals surface area contributed by atoms with Crippen LogP contribution in [0.15, 0.2) is 30.3 Å². The highest BCUT2D eigenvalue weighted by molar-refractivity contribution is 5.74. The lowest BCUT2D eigenvalue weighted by Gasteiger charge is -2.16. The fourth-order valence-corrected chi connectivity index (χ4v) is 1.74. The molecule has 0 aliphatic rings. The minimum atomic E-state index is -0.885. The van der Waals surface area contributed by atoms with Crippen molar-refractivity contribution >= 4 is 12.0 Å². The number of urea groups is 1. The SMILES string of the molecule is O=C(O)CCCNC(=O)NC(CO)Cc1ccccc1. The van der Waals surface area contributed by atoms with Crippen LogP contribution in [-0.4, -0.2) is 41.4 Å². The van der Waals surface area contributed by atoms with Gasteiger partial charge in [0.25, 0.3) is 0 Å². The van der Waals surface area contributed by atoms with Crippen LogP contribution in [0.1, 0.15) is 18.4 Å². The molecule has 0 aliphatic heterocycles. The number of rotatable bonds is 8. The van der Waals surface area contributed by atoms with E-state index in [-0.39, 0.29) is 19.1 Å². The smallest absolute Gasteiger partial charge is 0.315 e. The molecular weight excluding hydrogens is 260 g/mol. The number of amides is 2. The topological polar surface area (TPSA) is 98.7 Å². The molecule has 0 aromatic heterocycles. The first-order chi connectivity index (χ1) is 9.61. The summed E-state index contributed by atoms with van der Waals surface area (Å²) in [4.78, 5) is 21.9. The number of carboxylic acid groups (broad SMARTS) is 1. The standard InChI is InChI=1S/C14H20N2O4/c17-10-12(9-11-5-2-1-3-6-11)16-14(20)15-8-4-7-13(18)19/h1-3,5-6,12,17H,4,7-10H2,(H,18,19)(H2,15,16,20). The number of hydrogen-bond acceptors (Lipinski definition) is 3. The Balaban J connectivity index is 2.29. The van der Waals surface area contributed by atoms with Crippen LogP contribution in [0.25, 0.3) is 0 Å². The molecule has 0 saturated carbocycles. The van der Waals surface area contributed by atoms with Crippen molar-refractivity contribution in [3.63, 3.8) is 0 Å². The van der Waals surface area contributed by atoms with Crippen molar-refractivity contribution in [2.24, 2.45) is 0 Å². The Morgan fingerprint density at radius 2 is 1.90 bits per heavy atom. The van der Waals surface area contributed by atoms with Crippen molar-refractivity contribution in [3.05, 3.63) is 35.9 Å². The van der Waals surface area contributed by atoms with Crippen molar-refractivity contribution in [2.45, 2.75) is 25.3 Å². The Morgan fingerprint density at radius 3 is 2.50 bits per heavy atom. The van der Waals surface area contributed by atoms with E-state index in [1.54, 1.807) is 0 Å². The molecule has 110 valence electrons. The highest BCUT2D eigenvalue weighted by Crippen LogP contribution is 2.02. The van der Waals surface area contributed by atoms with Gasteiger partial charge in [-0.25, -0.2) is 4.79 Å². The zero-order chi connectivity index (χ0) is 14.8. The summed E-state index contributed by atoms with van der Waals surface area (Å²) in [6.45, 7) is 0.138. The molecule has 6 nitrogen and oxygen atoms in total. The summed E-state index contributed by atoms with van der Waals surface area (Å²) < 4.78 is 0. The van der Waals surface area contributed by atoms with Crippen LogP contribution < -0.4 is 10.6 Å². The second kappa shape index (κ2) is 8.92. The minimum absolute atomic E-state index is 0.0216. The van der Waals surface area contributed by atoms with E-state index in [0.29, 0.717) is 19.4 Å². The summed E-state index contributed by atoms with van der Waals surface area (Å²) in [5.41, 5.74) is 1.03. The number of aliphatic hydroxyl groups excluding tert-OH is 1. The number of aliphatic carboxylic acids is 1. The van der Waals surface area contributed by atoms with Gasteiger partial charge in [-0.2, -0.15) is 0 Å².